The number of para-hydroxylation sites is 1. The summed E-state index contributed by atoms with van der Waals surface area (Å²) < 4.78 is 15.7. The van der Waals surface area contributed by atoms with E-state index in [-0.39, 0.29) is 18.9 Å². The first kappa shape index (κ1) is 22.1. The minimum atomic E-state index is -0.657. The van der Waals surface area contributed by atoms with Gasteiger partial charge < -0.3 is 24.4 Å². The number of rotatable bonds is 8. The molecule has 2 aromatic rings. The summed E-state index contributed by atoms with van der Waals surface area (Å²) in [6, 6.07) is 12.5. The van der Waals surface area contributed by atoms with Crippen molar-refractivity contribution >= 4 is 29.2 Å². The number of anilines is 2. The first-order valence-electron chi connectivity index (χ1n) is 10.0. The summed E-state index contributed by atoms with van der Waals surface area (Å²) in [6.07, 6.45) is 0.777. The second-order valence-electron chi connectivity index (χ2n) is 7.11. The highest BCUT2D eigenvalue weighted by Gasteiger charge is 2.37. The van der Waals surface area contributed by atoms with E-state index in [2.05, 4.69) is 5.32 Å². The third kappa shape index (κ3) is 5.14. The molecule has 3 rings (SSSR count). The molecule has 1 fully saturated rings. The van der Waals surface area contributed by atoms with Gasteiger partial charge in [0.1, 0.15) is 11.5 Å². The zero-order valence-electron chi connectivity index (χ0n) is 17.8. The second-order valence-corrected chi connectivity index (χ2v) is 7.11. The van der Waals surface area contributed by atoms with Gasteiger partial charge in [-0.2, -0.15) is 0 Å². The molecule has 0 saturated carbocycles. The molecular formula is C23H26N2O6. The Kier molecular flexibility index (Phi) is 7.12. The van der Waals surface area contributed by atoms with Gasteiger partial charge in [0.2, 0.25) is 5.91 Å². The first-order chi connectivity index (χ1) is 15.0. The second kappa shape index (κ2) is 9.97. The highest BCUT2D eigenvalue weighted by Crippen LogP contribution is 2.36. The Morgan fingerprint density at radius 1 is 1.13 bits per heavy atom. The molecule has 0 radical (unpaired) electrons. The van der Waals surface area contributed by atoms with Gasteiger partial charge in [0.25, 0.3) is 5.91 Å². The van der Waals surface area contributed by atoms with E-state index in [1.807, 2.05) is 25.1 Å². The number of aryl methyl sites for hydroxylation is 1. The van der Waals surface area contributed by atoms with Crippen LogP contribution in [0.3, 0.4) is 0 Å². The van der Waals surface area contributed by atoms with Crippen LogP contribution in [0.5, 0.6) is 11.5 Å². The van der Waals surface area contributed by atoms with Gasteiger partial charge in [-0.3, -0.25) is 14.4 Å². The number of hydrogen-bond acceptors (Lipinski definition) is 6. The van der Waals surface area contributed by atoms with Crippen LogP contribution in [0.15, 0.2) is 42.5 Å². The van der Waals surface area contributed by atoms with Crippen molar-refractivity contribution in [3.8, 4) is 11.5 Å². The molecule has 31 heavy (non-hydrogen) atoms. The van der Waals surface area contributed by atoms with Crippen LogP contribution < -0.4 is 19.7 Å². The number of carbonyl (C=O) groups is 3. The van der Waals surface area contributed by atoms with Gasteiger partial charge in [-0.1, -0.05) is 25.1 Å². The minimum Gasteiger partial charge on any atom is -0.497 e. The molecule has 1 aliphatic heterocycles. The summed E-state index contributed by atoms with van der Waals surface area (Å²) in [7, 11) is 3.04. The van der Waals surface area contributed by atoms with Gasteiger partial charge in [0, 0.05) is 24.7 Å². The average molecular weight is 426 g/mol. The van der Waals surface area contributed by atoms with Crippen molar-refractivity contribution in [3.05, 3.63) is 48.0 Å². The molecule has 1 atom stereocenters. The highest BCUT2D eigenvalue weighted by atomic mass is 16.5. The summed E-state index contributed by atoms with van der Waals surface area (Å²) >= 11 is 0. The summed E-state index contributed by atoms with van der Waals surface area (Å²) in [4.78, 5) is 38.7. The molecule has 1 heterocycles. The zero-order valence-corrected chi connectivity index (χ0v) is 17.8. The van der Waals surface area contributed by atoms with Crippen molar-refractivity contribution in [1.29, 1.82) is 0 Å². The monoisotopic (exact) mass is 426 g/mol. The van der Waals surface area contributed by atoms with E-state index in [1.165, 1.54) is 12.0 Å². The number of amides is 2. The van der Waals surface area contributed by atoms with E-state index < -0.39 is 24.4 Å². The van der Waals surface area contributed by atoms with Crippen LogP contribution in [0, 0.1) is 5.92 Å². The molecule has 2 amide bonds. The van der Waals surface area contributed by atoms with E-state index in [0.29, 0.717) is 22.9 Å². The number of esters is 1. The number of methoxy groups -OCH3 is 2. The van der Waals surface area contributed by atoms with E-state index in [4.69, 9.17) is 14.2 Å². The predicted molar refractivity (Wildman–Crippen MR) is 115 cm³/mol. The zero-order chi connectivity index (χ0) is 22.4. The van der Waals surface area contributed by atoms with Gasteiger partial charge in [-0.25, -0.2) is 0 Å². The minimum absolute atomic E-state index is 0.00824. The molecule has 1 N–H and O–H groups in total. The Morgan fingerprint density at radius 3 is 2.61 bits per heavy atom. The molecule has 2 aromatic carbocycles. The number of carbonyl (C=O) groups excluding carboxylic acids is 3. The van der Waals surface area contributed by atoms with Crippen LogP contribution in [-0.4, -0.2) is 45.2 Å². The van der Waals surface area contributed by atoms with Gasteiger partial charge >= 0.3 is 5.97 Å². The van der Waals surface area contributed by atoms with Gasteiger partial charge in [0.05, 0.1) is 25.8 Å². The third-order valence-corrected chi connectivity index (χ3v) is 5.15. The standard InChI is InChI=1S/C23H26N2O6/c1-4-15-7-5-6-8-18(15)24-21(26)14-31-23(28)16-11-22(27)25(13-16)19-10-9-17(29-2)12-20(19)30-3/h5-10,12,16H,4,11,13-14H2,1-3H3,(H,24,26)/t16-/m1/s1. The molecule has 0 aliphatic carbocycles. The number of nitrogens with one attached hydrogen (secondary N) is 1. The maximum Gasteiger partial charge on any atom is 0.311 e. The Morgan fingerprint density at radius 2 is 1.90 bits per heavy atom. The number of hydrogen-bond donors (Lipinski definition) is 1. The molecule has 0 spiro atoms. The largest absolute Gasteiger partial charge is 0.497 e. The molecular weight excluding hydrogens is 400 g/mol. The van der Waals surface area contributed by atoms with Gasteiger partial charge in [0.15, 0.2) is 6.61 Å². The van der Waals surface area contributed by atoms with Gasteiger partial charge in [-0.05, 0) is 30.2 Å². The van der Waals surface area contributed by atoms with E-state index in [1.54, 1.807) is 31.4 Å². The average Bonchev–Trinajstić information content (AvgIpc) is 3.18. The number of benzene rings is 2. The smallest absolute Gasteiger partial charge is 0.311 e. The van der Waals surface area contributed by atoms with Crippen LogP contribution in [-0.2, 0) is 25.5 Å². The molecule has 8 nitrogen and oxygen atoms in total. The van der Waals surface area contributed by atoms with Gasteiger partial charge in [-0.15, -0.1) is 0 Å². The van der Waals surface area contributed by atoms with Crippen molar-refractivity contribution in [3.63, 3.8) is 0 Å². The van der Waals surface area contributed by atoms with Crippen LogP contribution >= 0.6 is 0 Å². The predicted octanol–water partition coefficient (Wildman–Crippen LogP) is 2.80. The highest BCUT2D eigenvalue weighted by molar-refractivity contribution is 6.01. The van der Waals surface area contributed by atoms with E-state index >= 15 is 0 Å². The Labute approximate surface area is 181 Å². The summed E-state index contributed by atoms with van der Waals surface area (Å²) in [6.45, 7) is 1.74. The SMILES string of the molecule is CCc1ccccc1NC(=O)COC(=O)[C@@H]1CC(=O)N(c2ccc(OC)cc2OC)C1. The topological polar surface area (TPSA) is 94.2 Å². The molecule has 0 bridgehead atoms. The maximum absolute atomic E-state index is 12.5. The lowest BCUT2D eigenvalue weighted by Gasteiger charge is -2.20. The molecule has 0 unspecified atom stereocenters. The fourth-order valence-electron chi connectivity index (χ4n) is 3.50. The maximum atomic E-state index is 12.5. The Balaban J connectivity index is 1.59. The summed E-state index contributed by atoms with van der Waals surface area (Å²) in [5.41, 5.74) is 2.24. The van der Waals surface area contributed by atoms with E-state index in [0.717, 1.165) is 12.0 Å². The molecule has 1 aliphatic rings. The molecule has 0 aromatic heterocycles. The fourth-order valence-corrected chi connectivity index (χ4v) is 3.50. The quantitative estimate of drug-likeness (QED) is 0.653. The van der Waals surface area contributed by atoms with Crippen LogP contribution in [0.25, 0.3) is 0 Å². The lowest BCUT2D eigenvalue weighted by molar-refractivity contribution is -0.151. The van der Waals surface area contributed by atoms with Crippen molar-refractivity contribution in [2.24, 2.45) is 5.92 Å². The van der Waals surface area contributed by atoms with Crippen molar-refractivity contribution in [1.82, 2.24) is 0 Å². The first-order valence-corrected chi connectivity index (χ1v) is 10.0. The summed E-state index contributed by atoms with van der Waals surface area (Å²) in [5.74, 6) is -0.814. The van der Waals surface area contributed by atoms with E-state index in [9.17, 15) is 14.4 Å². The lowest BCUT2D eigenvalue weighted by Crippen LogP contribution is -2.28. The molecule has 164 valence electrons. The van der Waals surface area contributed by atoms with Crippen LogP contribution in [0.4, 0.5) is 11.4 Å². The number of nitrogens with zero attached hydrogens (tertiary/aromatic N) is 1. The van der Waals surface area contributed by atoms with Crippen LogP contribution in [0.2, 0.25) is 0 Å². The summed E-state index contributed by atoms with van der Waals surface area (Å²) in [5, 5.41) is 2.75. The van der Waals surface area contributed by atoms with Crippen molar-refractivity contribution in [2.75, 3.05) is 37.6 Å². The normalized spacial score (nSPS) is 15.5. The van der Waals surface area contributed by atoms with Crippen molar-refractivity contribution < 1.29 is 28.6 Å². The van der Waals surface area contributed by atoms with Crippen LogP contribution in [0.1, 0.15) is 18.9 Å². The fraction of sp³-hybridized carbons (Fsp3) is 0.348. The lowest BCUT2D eigenvalue weighted by atomic mass is 10.1. The Bertz CT molecular complexity index is 974. The van der Waals surface area contributed by atoms with Crippen molar-refractivity contribution in [2.45, 2.75) is 19.8 Å². The third-order valence-electron chi connectivity index (χ3n) is 5.15. The number of ether oxygens (including phenoxy) is 3. The molecule has 1 saturated heterocycles. The molecule has 8 heteroatoms. The Hall–Kier alpha value is -3.55.